The summed E-state index contributed by atoms with van der Waals surface area (Å²) >= 11 is 0. The molecule has 0 bridgehead atoms. The third kappa shape index (κ3) is 5.25. The third-order valence-corrected chi connectivity index (χ3v) is 6.52. The molecule has 2 heterocycles. The molecule has 6 nitrogen and oxygen atoms in total. The van der Waals surface area contributed by atoms with E-state index in [2.05, 4.69) is 4.98 Å². The van der Waals surface area contributed by atoms with E-state index in [1.807, 2.05) is 32.9 Å². The number of anilines is 1. The van der Waals surface area contributed by atoms with Gasteiger partial charge in [-0.15, -0.1) is 0 Å². The molecule has 2 aromatic heterocycles. The number of ether oxygens (including phenoxy) is 1. The number of pyridine rings is 1. The number of aromatic nitrogens is 1. The van der Waals surface area contributed by atoms with Crippen LogP contribution in [-0.2, 0) is 16.6 Å². The Hall–Kier alpha value is -2.87. The largest absolute Gasteiger partial charge is 0.485 e. The highest BCUT2D eigenvalue weighted by molar-refractivity contribution is 7.92. The molecular weight excluding hydrogens is 419 g/mol. The number of benzene rings is 1. The molecule has 0 aliphatic rings. The van der Waals surface area contributed by atoms with Gasteiger partial charge in [-0.1, -0.05) is 6.07 Å². The average Bonchev–Trinajstić information content (AvgIpc) is 3.15. The fraction of sp³-hybridized carbons (Fsp3) is 0.348. The first kappa shape index (κ1) is 22.8. The summed E-state index contributed by atoms with van der Waals surface area (Å²) < 4.78 is 53.1. The van der Waals surface area contributed by atoms with Gasteiger partial charge >= 0.3 is 0 Å². The highest BCUT2D eigenvalue weighted by atomic mass is 32.2. The van der Waals surface area contributed by atoms with E-state index in [1.54, 1.807) is 31.3 Å². The quantitative estimate of drug-likeness (QED) is 0.485. The van der Waals surface area contributed by atoms with E-state index in [4.69, 9.17) is 9.15 Å². The minimum atomic E-state index is -4.14. The lowest BCUT2D eigenvalue weighted by Crippen LogP contribution is -2.35. The van der Waals surface area contributed by atoms with Gasteiger partial charge in [0.05, 0.1) is 17.9 Å². The molecule has 1 unspecified atom stereocenters. The van der Waals surface area contributed by atoms with Crippen molar-refractivity contribution in [2.75, 3.05) is 10.8 Å². The zero-order valence-corrected chi connectivity index (χ0v) is 19.2. The van der Waals surface area contributed by atoms with Crippen molar-refractivity contribution in [3.8, 4) is 5.75 Å². The van der Waals surface area contributed by atoms with Crippen molar-refractivity contribution in [2.24, 2.45) is 0 Å². The monoisotopic (exact) mass is 446 g/mol. The van der Waals surface area contributed by atoms with Crippen LogP contribution in [0.3, 0.4) is 0 Å². The predicted molar refractivity (Wildman–Crippen MR) is 118 cm³/mol. The molecule has 8 heteroatoms. The Kier molecular flexibility index (Phi) is 6.69. The summed E-state index contributed by atoms with van der Waals surface area (Å²) in [4.78, 5) is 4.32. The van der Waals surface area contributed by atoms with Crippen molar-refractivity contribution in [1.82, 2.24) is 4.98 Å². The molecule has 0 saturated heterocycles. The molecule has 0 fully saturated rings. The normalized spacial score (nSPS) is 12.6. The number of hydrogen-bond donors (Lipinski definition) is 0. The van der Waals surface area contributed by atoms with E-state index in [0.717, 1.165) is 21.0 Å². The van der Waals surface area contributed by atoms with Gasteiger partial charge in [-0.25, -0.2) is 4.39 Å². The molecule has 31 heavy (non-hydrogen) atoms. The van der Waals surface area contributed by atoms with Crippen LogP contribution in [0, 0.1) is 27.7 Å². The van der Waals surface area contributed by atoms with Gasteiger partial charge in [0.1, 0.15) is 24.3 Å². The maximum absolute atomic E-state index is 14.1. The van der Waals surface area contributed by atoms with E-state index in [1.165, 1.54) is 13.0 Å². The molecule has 0 saturated carbocycles. The average molecular weight is 447 g/mol. The van der Waals surface area contributed by atoms with Gasteiger partial charge in [0.25, 0.3) is 10.0 Å². The van der Waals surface area contributed by atoms with Crippen molar-refractivity contribution >= 4 is 15.7 Å². The Labute approximate surface area is 182 Å². The Morgan fingerprint density at radius 3 is 2.39 bits per heavy atom. The fourth-order valence-electron chi connectivity index (χ4n) is 3.03. The number of nitrogens with zero attached hydrogens (tertiary/aromatic N) is 2. The summed E-state index contributed by atoms with van der Waals surface area (Å²) in [7, 11) is -4.14. The van der Waals surface area contributed by atoms with Crippen LogP contribution in [0.25, 0.3) is 0 Å². The summed E-state index contributed by atoms with van der Waals surface area (Å²) in [6.45, 7) is 8.45. The van der Waals surface area contributed by atoms with Gasteiger partial charge in [-0.3, -0.25) is 9.29 Å². The highest BCUT2D eigenvalue weighted by Crippen LogP contribution is 2.36. The summed E-state index contributed by atoms with van der Waals surface area (Å²) in [5.74, 6) is 0.784. The second-order valence-electron chi connectivity index (χ2n) is 7.70. The van der Waals surface area contributed by atoms with Crippen LogP contribution in [0.2, 0.25) is 0 Å². The van der Waals surface area contributed by atoms with Crippen molar-refractivity contribution in [3.05, 3.63) is 70.7 Å². The molecule has 0 aliphatic heterocycles. The zero-order chi connectivity index (χ0) is 22.8. The summed E-state index contributed by atoms with van der Waals surface area (Å²) in [6, 6.07) is 10.2. The molecule has 3 rings (SSSR count). The second-order valence-corrected chi connectivity index (χ2v) is 9.50. The zero-order valence-electron chi connectivity index (χ0n) is 18.3. The topological polar surface area (TPSA) is 72.6 Å². The van der Waals surface area contributed by atoms with Crippen molar-refractivity contribution < 1.29 is 22.0 Å². The number of rotatable bonds is 8. The van der Waals surface area contributed by atoms with Crippen LogP contribution in [0.4, 0.5) is 10.1 Å². The maximum Gasteiger partial charge on any atom is 0.298 e. The van der Waals surface area contributed by atoms with Crippen LogP contribution in [-0.4, -0.2) is 26.1 Å². The van der Waals surface area contributed by atoms with Gasteiger partial charge in [0, 0.05) is 6.20 Å². The minimum absolute atomic E-state index is 0.148. The molecular formula is C23H27FN2O4S. The molecule has 0 N–H and O–H groups in total. The Morgan fingerprint density at radius 1 is 1.10 bits per heavy atom. The van der Waals surface area contributed by atoms with Gasteiger partial charge < -0.3 is 9.15 Å². The van der Waals surface area contributed by atoms with Crippen molar-refractivity contribution in [3.63, 3.8) is 0 Å². The lowest BCUT2D eigenvalue weighted by molar-refractivity contribution is 0.301. The SMILES string of the molecule is Cc1ccc(COc2cc(C)c(C)cc2N(CC(C)F)S(=O)(=O)c2ccc(C)o2)nc1. The number of halogens is 1. The first-order valence-corrected chi connectivity index (χ1v) is 11.4. The number of alkyl halides is 1. The Bertz CT molecular complexity index is 1150. The van der Waals surface area contributed by atoms with Crippen molar-refractivity contribution in [1.29, 1.82) is 0 Å². The van der Waals surface area contributed by atoms with E-state index in [0.29, 0.717) is 17.2 Å². The van der Waals surface area contributed by atoms with Crippen LogP contribution < -0.4 is 9.04 Å². The molecule has 0 amide bonds. The predicted octanol–water partition coefficient (Wildman–Crippen LogP) is 5.04. The standard InChI is InChI=1S/C23H27FN2O4S/c1-15-6-8-20(25-12-15)14-29-22-11-17(3)16(2)10-21(22)26(13-18(4)24)31(27,28)23-9-7-19(5)30-23/h6-12,18H,13-14H2,1-5H3. The Balaban J connectivity index is 2.05. The number of aryl methyl sites for hydroxylation is 4. The Morgan fingerprint density at radius 2 is 1.81 bits per heavy atom. The highest BCUT2D eigenvalue weighted by Gasteiger charge is 2.32. The third-order valence-electron chi connectivity index (χ3n) is 4.87. The van der Waals surface area contributed by atoms with Crippen LogP contribution in [0.1, 0.15) is 35.1 Å². The molecule has 1 atom stereocenters. The van der Waals surface area contributed by atoms with Crippen LogP contribution in [0.15, 0.2) is 52.1 Å². The van der Waals surface area contributed by atoms with Crippen LogP contribution >= 0.6 is 0 Å². The van der Waals surface area contributed by atoms with Crippen LogP contribution in [0.5, 0.6) is 5.75 Å². The molecule has 166 valence electrons. The number of furan rings is 1. The summed E-state index contributed by atoms with van der Waals surface area (Å²) in [6.07, 6.45) is 0.333. The number of sulfonamides is 1. The molecule has 0 aliphatic carbocycles. The van der Waals surface area contributed by atoms with Gasteiger partial charge in [-0.2, -0.15) is 8.42 Å². The number of hydrogen-bond acceptors (Lipinski definition) is 5. The first-order valence-electron chi connectivity index (χ1n) is 9.96. The van der Waals surface area contributed by atoms with E-state index < -0.39 is 16.2 Å². The van der Waals surface area contributed by atoms with E-state index in [9.17, 15) is 12.8 Å². The smallest absolute Gasteiger partial charge is 0.298 e. The molecule has 3 aromatic rings. The van der Waals surface area contributed by atoms with E-state index in [-0.39, 0.29) is 23.9 Å². The van der Waals surface area contributed by atoms with E-state index >= 15 is 0 Å². The summed E-state index contributed by atoms with van der Waals surface area (Å²) in [5.41, 5.74) is 3.77. The summed E-state index contributed by atoms with van der Waals surface area (Å²) in [5, 5.41) is -0.241. The maximum atomic E-state index is 14.1. The fourth-order valence-corrected chi connectivity index (χ4v) is 4.53. The van der Waals surface area contributed by atoms with Gasteiger partial charge in [0.2, 0.25) is 5.09 Å². The molecule has 1 aromatic carbocycles. The second kappa shape index (κ2) is 9.09. The lowest BCUT2D eigenvalue weighted by Gasteiger charge is -2.27. The first-order chi connectivity index (χ1) is 14.6. The molecule has 0 radical (unpaired) electrons. The van der Waals surface area contributed by atoms with Gasteiger partial charge in [-0.05, 0) is 81.6 Å². The van der Waals surface area contributed by atoms with Crippen molar-refractivity contribution in [2.45, 2.75) is 52.5 Å². The lowest BCUT2D eigenvalue weighted by atomic mass is 10.1. The minimum Gasteiger partial charge on any atom is -0.485 e. The van der Waals surface area contributed by atoms with Gasteiger partial charge in [0.15, 0.2) is 0 Å². The molecule has 0 spiro atoms.